The van der Waals surface area contributed by atoms with Crippen LogP contribution in [-0.4, -0.2) is 15.0 Å². The van der Waals surface area contributed by atoms with Gasteiger partial charge in [-0.05, 0) is 37.1 Å². The second-order valence-electron chi connectivity index (χ2n) is 3.00. The first-order valence-corrected chi connectivity index (χ1v) is 4.13. The summed E-state index contributed by atoms with van der Waals surface area (Å²) in [7, 11) is 0. The molecular formula is C10H10N3. The number of rotatable bonds is 1. The van der Waals surface area contributed by atoms with Crippen LogP contribution in [0.2, 0.25) is 0 Å². The maximum absolute atomic E-state index is 4.03. The highest BCUT2D eigenvalue weighted by atomic mass is 15.5. The Balaban J connectivity index is 2.49. The van der Waals surface area contributed by atoms with Crippen LogP contribution in [0.5, 0.6) is 0 Å². The van der Waals surface area contributed by atoms with E-state index in [1.165, 1.54) is 11.1 Å². The molecule has 0 spiro atoms. The van der Waals surface area contributed by atoms with Crippen molar-refractivity contribution in [3.63, 3.8) is 0 Å². The highest BCUT2D eigenvalue weighted by Crippen LogP contribution is 2.10. The smallest absolute Gasteiger partial charge is 0.0938 e. The van der Waals surface area contributed by atoms with Crippen molar-refractivity contribution in [2.75, 3.05) is 0 Å². The Morgan fingerprint density at radius 1 is 1.15 bits per heavy atom. The van der Waals surface area contributed by atoms with E-state index >= 15 is 0 Å². The first kappa shape index (κ1) is 7.98. The van der Waals surface area contributed by atoms with Crippen LogP contribution in [0, 0.1) is 19.9 Å². The average molecular weight is 172 g/mol. The zero-order valence-corrected chi connectivity index (χ0v) is 7.65. The van der Waals surface area contributed by atoms with Gasteiger partial charge in [-0.3, -0.25) is 0 Å². The quantitative estimate of drug-likeness (QED) is 0.655. The summed E-state index contributed by atoms with van der Waals surface area (Å²) in [6.07, 6.45) is 3.31. The van der Waals surface area contributed by atoms with E-state index in [1.54, 1.807) is 17.2 Å². The maximum Gasteiger partial charge on any atom is 0.0938 e. The molecule has 2 rings (SSSR count). The molecule has 3 heteroatoms. The average Bonchev–Trinajstić information content (AvgIpc) is 2.62. The Bertz CT molecular complexity index is 404. The van der Waals surface area contributed by atoms with E-state index in [4.69, 9.17) is 0 Å². The number of aromatic nitrogens is 3. The summed E-state index contributed by atoms with van der Waals surface area (Å²) in [6.45, 7) is 4.13. The van der Waals surface area contributed by atoms with Crippen LogP contribution in [0.1, 0.15) is 11.1 Å². The molecule has 0 saturated heterocycles. The third-order valence-corrected chi connectivity index (χ3v) is 2.05. The van der Waals surface area contributed by atoms with Crippen molar-refractivity contribution in [1.82, 2.24) is 15.0 Å². The standard InChI is InChI=1S/C10H10N3/c1-8-3-4-10(7-9(8)2)13-11-5-6-12-13/h3,5-7H,1-2H3. The lowest BCUT2D eigenvalue weighted by atomic mass is 10.1. The predicted octanol–water partition coefficient (Wildman–Crippen LogP) is 1.68. The second-order valence-corrected chi connectivity index (χ2v) is 3.00. The minimum atomic E-state index is 0.883. The van der Waals surface area contributed by atoms with Crippen LogP contribution >= 0.6 is 0 Å². The number of hydrogen-bond donors (Lipinski definition) is 0. The van der Waals surface area contributed by atoms with Gasteiger partial charge in [0.05, 0.1) is 18.1 Å². The van der Waals surface area contributed by atoms with Crippen LogP contribution in [0.15, 0.2) is 24.5 Å². The minimum absolute atomic E-state index is 0.883. The van der Waals surface area contributed by atoms with Gasteiger partial charge in [0.25, 0.3) is 0 Å². The van der Waals surface area contributed by atoms with Gasteiger partial charge in [-0.1, -0.05) is 0 Å². The maximum atomic E-state index is 4.03. The van der Waals surface area contributed by atoms with Gasteiger partial charge in [-0.2, -0.15) is 15.0 Å². The van der Waals surface area contributed by atoms with Crippen molar-refractivity contribution in [3.8, 4) is 5.69 Å². The Morgan fingerprint density at radius 2 is 1.85 bits per heavy atom. The van der Waals surface area contributed by atoms with E-state index in [-0.39, 0.29) is 0 Å². The lowest BCUT2D eigenvalue weighted by molar-refractivity contribution is 0.750. The van der Waals surface area contributed by atoms with Crippen LogP contribution < -0.4 is 0 Å². The zero-order valence-electron chi connectivity index (χ0n) is 7.65. The van der Waals surface area contributed by atoms with Gasteiger partial charge in [0, 0.05) is 6.07 Å². The summed E-state index contributed by atoms with van der Waals surface area (Å²) in [6, 6.07) is 7.09. The molecular weight excluding hydrogens is 162 g/mol. The third kappa shape index (κ3) is 1.45. The zero-order chi connectivity index (χ0) is 9.26. The van der Waals surface area contributed by atoms with Crippen LogP contribution in [0.25, 0.3) is 5.69 Å². The molecule has 0 aliphatic carbocycles. The molecule has 3 nitrogen and oxygen atoms in total. The molecule has 0 fully saturated rings. The summed E-state index contributed by atoms with van der Waals surface area (Å²) in [5, 5.41) is 8.06. The topological polar surface area (TPSA) is 30.7 Å². The molecule has 1 aromatic heterocycles. The first-order chi connectivity index (χ1) is 6.27. The summed E-state index contributed by atoms with van der Waals surface area (Å²) < 4.78 is 0. The fourth-order valence-electron chi connectivity index (χ4n) is 1.11. The molecule has 0 amide bonds. The molecule has 0 aliphatic heterocycles. The molecule has 1 radical (unpaired) electrons. The largest absolute Gasteiger partial charge is 0.157 e. The Morgan fingerprint density at radius 3 is 2.46 bits per heavy atom. The number of aryl methyl sites for hydroxylation is 2. The van der Waals surface area contributed by atoms with Gasteiger partial charge in [-0.25, -0.2) is 0 Å². The minimum Gasteiger partial charge on any atom is -0.157 e. The second kappa shape index (κ2) is 3.01. The van der Waals surface area contributed by atoms with Crippen molar-refractivity contribution in [1.29, 1.82) is 0 Å². The van der Waals surface area contributed by atoms with Crippen molar-refractivity contribution in [3.05, 3.63) is 41.7 Å². The van der Waals surface area contributed by atoms with Crippen LogP contribution in [-0.2, 0) is 0 Å². The summed E-state index contributed by atoms with van der Waals surface area (Å²) >= 11 is 0. The molecule has 0 N–H and O–H groups in total. The molecule has 0 bridgehead atoms. The molecule has 1 aromatic carbocycles. The van der Waals surface area contributed by atoms with E-state index in [2.05, 4.69) is 30.1 Å². The molecule has 0 aliphatic rings. The van der Waals surface area contributed by atoms with Crippen molar-refractivity contribution in [2.24, 2.45) is 0 Å². The Kier molecular flexibility index (Phi) is 1.85. The number of hydrogen-bond acceptors (Lipinski definition) is 2. The SMILES string of the molecule is Cc1c[c]c(-n2nccn2)cc1C. The molecule has 0 saturated carbocycles. The summed E-state index contributed by atoms with van der Waals surface area (Å²) in [4.78, 5) is 1.56. The molecule has 13 heavy (non-hydrogen) atoms. The summed E-state index contributed by atoms with van der Waals surface area (Å²) in [5.74, 6) is 0. The lowest BCUT2D eigenvalue weighted by Gasteiger charge is -2.02. The van der Waals surface area contributed by atoms with Gasteiger partial charge in [0.1, 0.15) is 0 Å². The monoisotopic (exact) mass is 172 g/mol. The van der Waals surface area contributed by atoms with Gasteiger partial charge >= 0.3 is 0 Å². The van der Waals surface area contributed by atoms with Crippen LogP contribution in [0.3, 0.4) is 0 Å². The molecule has 65 valence electrons. The Hall–Kier alpha value is -1.64. The van der Waals surface area contributed by atoms with Crippen molar-refractivity contribution >= 4 is 0 Å². The van der Waals surface area contributed by atoms with Gasteiger partial charge in [0.15, 0.2) is 0 Å². The van der Waals surface area contributed by atoms with Crippen molar-refractivity contribution < 1.29 is 0 Å². The van der Waals surface area contributed by atoms with Gasteiger partial charge in [0.2, 0.25) is 0 Å². The number of nitrogens with zero attached hydrogens (tertiary/aromatic N) is 3. The molecule has 2 aromatic rings. The van der Waals surface area contributed by atoms with E-state index in [1.807, 2.05) is 12.1 Å². The fourth-order valence-corrected chi connectivity index (χ4v) is 1.11. The molecule has 0 atom stereocenters. The van der Waals surface area contributed by atoms with E-state index in [0.717, 1.165) is 5.69 Å². The van der Waals surface area contributed by atoms with Gasteiger partial charge in [-0.15, -0.1) is 0 Å². The van der Waals surface area contributed by atoms with Crippen molar-refractivity contribution in [2.45, 2.75) is 13.8 Å². The lowest BCUT2D eigenvalue weighted by Crippen LogP contribution is -1.99. The summed E-state index contributed by atoms with van der Waals surface area (Å²) in [5.41, 5.74) is 3.34. The predicted molar refractivity (Wildman–Crippen MR) is 49.7 cm³/mol. The number of benzene rings is 1. The normalized spacial score (nSPS) is 10.3. The van der Waals surface area contributed by atoms with E-state index in [9.17, 15) is 0 Å². The van der Waals surface area contributed by atoms with Crippen LogP contribution in [0.4, 0.5) is 0 Å². The third-order valence-electron chi connectivity index (χ3n) is 2.05. The molecule has 0 unspecified atom stereocenters. The first-order valence-electron chi connectivity index (χ1n) is 4.13. The molecule has 1 heterocycles. The van der Waals surface area contributed by atoms with E-state index < -0.39 is 0 Å². The van der Waals surface area contributed by atoms with E-state index in [0.29, 0.717) is 0 Å². The highest BCUT2D eigenvalue weighted by molar-refractivity contribution is 5.36. The highest BCUT2D eigenvalue weighted by Gasteiger charge is 1.99. The van der Waals surface area contributed by atoms with Gasteiger partial charge < -0.3 is 0 Å². The Labute approximate surface area is 77.0 Å². The fraction of sp³-hybridized carbons (Fsp3) is 0.200.